The molecule has 0 aromatic heterocycles. The van der Waals surface area contributed by atoms with Crippen LogP contribution in [0.3, 0.4) is 0 Å². The van der Waals surface area contributed by atoms with E-state index in [2.05, 4.69) is 41.5 Å². The van der Waals surface area contributed by atoms with Crippen LogP contribution in [0.25, 0.3) is 0 Å². The van der Waals surface area contributed by atoms with Crippen LogP contribution in [-0.2, 0) is 0 Å². The first kappa shape index (κ1) is 36.5. The fourth-order valence-electron chi connectivity index (χ4n) is 14.8. The fourth-order valence-corrected chi connectivity index (χ4v) is 66.3. The molecule has 0 bridgehead atoms. The molecule has 0 aliphatic heterocycles. The van der Waals surface area contributed by atoms with Crippen LogP contribution in [0.1, 0.15) is 119 Å². The van der Waals surface area contributed by atoms with Crippen molar-refractivity contribution in [2.75, 3.05) is 0 Å². The number of nitro groups is 4. The fraction of sp³-hybridized carbons (Fsp3) is 1.00. The Morgan fingerprint density at radius 1 is 0.435 bits per heavy atom. The van der Waals surface area contributed by atoms with Gasteiger partial charge in [0.15, 0.2) is 0 Å². The van der Waals surface area contributed by atoms with Gasteiger partial charge in [-0.25, -0.2) is 0 Å². The molecule has 6 fully saturated rings. The maximum absolute atomic E-state index is 14.2. The van der Waals surface area contributed by atoms with Gasteiger partial charge in [0.05, 0.1) is 0 Å². The molecule has 0 heterocycles. The Morgan fingerprint density at radius 2 is 0.652 bits per heavy atom. The predicted molar refractivity (Wildman–Crippen MR) is 181 cm³/mol. The van der Waals surface area contributed by atoms with Crippen LogP contribution in [0.4, 0.5) is 0 Å². The molecule has 6 saturated carbocycles. The first-order valence-electron chi connectivity index (χ1n) is 18.5. The van der Waals surface area contributed by atoms with Gasteiger partial charge in [-0.3, -0.25) is 0 Å². The molecule has 0 aromatic carbocycles. The minimum atomic E-state index is -4.32. The van der Waals surface area contributed by atoms with Crippen LogP contribution >= 0.6 is 0 Å². The summed E-state index contributed by atoms with van der Waals surface area (Å²) in [7, 11) is 0. The van der Waals surface area contributed by atoms with E-state index >= 15 is 0 Å². The van der Waals surface area contributed by atoms with Crippen LogP contribution in [0, 0.1) is 52.3 Å². The Kier molecular flexibility index (Phi) is 9.45. The van der Waals surface area contributed by atoms with Crippen molar-refractivity contribution in [1.82, 2.24) is 0 Å². The maximum atomic E-state index is 14.2. The minimum absolute atomic E-state index is 0.274. The van der Waals surface area contributed by atoms with Crippen LogP contribution in [0.5, 0.6) is 0 Å². The topological polar surface area (TPSA) is 173 Å². The molecule has 12 nitrogen and oxygen atoms in total. The third-order valence-electron chi connectivity index (χ3n) is 14.9. The molecule has 0 unspecified atom stereocenters. The Morgan fingerprint density at radius 3 is 0.804 bits per heavy atom. The summed E-state index contributed by atoms with van der Waals surface area (Å²) in [6.45, 7) is 12.3. The average Bonchev–Trinajstić information content (AvgIpc) is 3.02. The molecular weight excluding hydrogens is 806 g/mol. The quantitative estimate of drug-likeness (QED) is 0.0528. The van der Waals surface area contributed by atoms with Crippen LogP contribution in [0.2, 0.25) is 33.5 Å². The van der Waals surface area contributed by atoms with Crippen molar-refractivity contribution in [1.29, 1.82) is 0 Å². The van der Waals surface area contributed by atoms with Crippen molar-refractivity contribution in [3.05, 3.63) is 40.5 Å². The summed E-state index contributed by atoms with van der Waals surface area (Å²) in [5.41, 5.74) is -7.46. The Hall–Kier alpha value is -0.803. The number of nitrogens with zero attached hydrogens (tertiary/aromatic N) is 4. The van der Waals surface area contributed by atoms with Gasteiger partial charge < -0.3 is 0 Å². The second kappa shape index (κ2) is 11.9. The molecule has 46 heavy (non-hydrogen) atoms. The normalized spacial score (nSPS) is 38.8. The van der Waals surface area contributed by atoms with E-state index in [0.717, 1.165) is 77.0 Å². The SMILES string of the molecule is CCC[CH2][Sn]([CH2]CCC)([CH2]CCC)[C]12C3([N+](=O)[O-])C4C5([N+](=O)[O-])C3C1([N+](=O)[O-])[C]5([Sn]([CH2]CCC)([CH2]CCC)[CH2]CCC)C42[N+](=O)[O-]. The molecule has 0 amide bonds. The molecule has 0 atom stereocenters. The molecular formula is C32H56N4O8Sn2. The van der Waals surface area contributed by atoms with E-state index in [9.17, 15) is 40.5 Å². The second-order valence-electron chi connectivity index (χ2n) is 15.8. The Balaban J connectivity index is 1.94. The molecule has 6 aliphatic carbocycles. The number of hydrogen-bond acceptors (Lipinski definition) is 8. The van der Waals surface area contributed by atoms with E-state index < -0.39 is 87.5 Å². The van der Waals surface area contributed by atoms with Crippen molar-refractivity contribution in [3.63, 3.8) is 0 Å². The molecule has 0 aromatic rings. The van der Waals surface area contributed by atoms with Gasteiger partial charge in [-0.2, -0.15) is 0 Å². The average molecular weight is 862 g/mol. The molecule has 0 radical (unpaired) electrons. The third kappa shape index (κ3) is 2.96. The predicted octanol–water partition coefficient (Wildman–Crippen LogP) is 8.53. The summed E-state index contributed by atoms with van der Waals surface area (Å²) in [4.78, 5) is 54.3. The van der Waals surface area contributed by atoms with E-state index in [0.29, 0.717) is 26.6 Å². The van der Waals surface area contributed by atoms with Gasteiger partial charge in [0, 0.05) is 0 Å². The summed E-state index contributed by atoms with van der Waals surface area (Å²) in [5, 5.41) is 55.7. The number of rotatable bonds is 24. The van der Waals surface area contributed by atoms with Crippen molar-refractivity contribution in [2.45, 2.75) is 174 Å². The first-order chi connectivity index (χ1) is 21.9. The van der Waals surface area contributed by atoms with Gasteiger partial charge >= 0.3 is 283 Å². The zero-order valence-corrected chi connectivity index (χ0v) is 34.6. The van der Waals surface area contributed by atoms with E-state index in [1.54, 1.807) is 0 Å². The van der Waals surface area contributed by atoms with Crippen molar-refractivity contribution in [2.24, 2.45) is 11.8 Å². The summed E-state index contributed by atoms with van der Waals surface area (Å²) in [6, 6.07) is 0. The Labute approximate surface area is 281 Å². The van der Waals surface area contributed by atoms with Crippen molar-refractivity contribution in [3.8, 4) is 0 Å². The van der Waals surface area contributed by atoms with E-state index in [4.69, 9.17) is 0 Å². The first-order valence-corrected chi connectivity index (χ1v) is 33.4. The summed E-state index contributed by atoms with van der Waals surface area (Å²) in [6.07, 6.45) is 9.49. The van der Waals surface area contributed by atoms with E-state index in [1.165, 1.54) is 0 Å². The summed E-state index contributed by atoms with van der Waals surface area (Å²) >= 11 is -8.64. The van der Waals surface area contributed by atoms with E-state index in [-0.39, 0.29) is 9.85 Å². The van der Waals surface area contributed by atoms with Crippen molar-refractivity contribution < 1.29 is 19.7 Å². The van der Waals surface area contributed by atoms with E-state index in [1.807, 2.05) is 0 Å². The second-order valence-corrected chi connectivity index (χ2v) is 43.2. The van der Waals surface area contributed by atoms with Crippen LogP contribution < -0.4 is 0 Å². The monoisotopic (exact) mass is 864 g/mol. The number of hydrogen-bond donors (Lipinski definition) is 0. The molecule has 0 spiro atoms. The third-order valence-corrected chi connectivity index (χ3v) is 53.1. The summed E-state index contributed by atoms with van der Waals surface area (Å²) in [5.74, 6) is -2.61. The van der Waals surface area contributed by atoms with Gasteiger partial charge in [-0.1, -0.05) is 0 Å². The molecule has 0 N–H and O–H groups in total. The zero-order valence-electron chi connectivity index (χ0n) is 28.9. The van der Waals surface area contributed by atoms with Gasteiger partial charge in [-0.15, -0.1) is 0 Å². The van der Waals surface area contributed by atoms with Gasteiger partial charge in [0.1, 0.15) is 0 Å². The van der Waals surface area contributed by atoms with Gasteiger partial charge in [-0.05, 0) is 0 Å². The van der Waals surface area contributed by atoms with Gasteiger partial charge in [0.25, 0.3) is 0 Å². The summed E-state index contributed by atoms with van der Waals surface area (Å²) < 4.78 is 0.878. The Bertz CT molecular complexity index is 1140. The van der Waals surface area contributed by atoms with Crippen molar-refractivity contribution >= 4 is 36.8 Å². The zero-order chi connectivity index (χ0) is 34.2. The van der Waals surface area contributed by atoms with Gasteiger partial charge in [0.2, 0.25) is 0 Å². The molecule has 260 valence electrons. The molecule has 0 saturated heterocycles. The standard InChI is InChI=1S/C8H2N4O8.6C4H9.2Sn/c13-9(14)5-1-6(10(15)16)2(5)8(12(19)20)3(5)7(1,4(6)8)11(17)18;6*1-3-4-2;;/h1-2H;6*1,3-4H2,2H3;;. The molecule has 6 rings (SSSR count). The molecule has 6 aliphatic rings. The van der Waals surface area contributed by atoms with Crippen LogP contribution in [0.15, 0.2) is 0 Å². The number of unbranched alkanes of at least 4 members (excludes halogenated alkanes) is 6. The molecule has 14 heteroatoms. The van der Waals surface area contributed by atoms with Crippen LogP contribution in [-0.4, -0.2) is 78.6 Å².